The van der Waals surface area contributed by atoms with E-state index in [1.807, 2.05) is 44.2 Å². The van der Waals surface area contributed by atoms with Crippen LogP contribution in [0.1, 0.15) is 38.7 Å². The van der Waals surface area contributed by atoms with Crippen LogP contribution in [0.3, 0.4) is 0 Å². The second kappa shape index (κ2) is 10.4. The fraction of sp³-hybridized carbons (Fsp3) is 0.364. The van der Waals surface area contributed by atoms with Gasteiger partial charge in [-0.25, -0.2) is 0 Å². The van der Waals surface area contributed by atoms with Crippen LogP contribution in [0, 0.1) is 16.0 Å². The van der Waals surface area contributed by atoms with Gasteiger partial charge in [0.2, 0.25) is 0 Å². The van der Waals surface area contributed by atoms with Gasteiger partial charge < -0.3 is 14.8 Å². The lowest BCUT2D eigenvalue weighted by molar-refractivity contribution is -0.384. The van der Waals surface area contributed by atoms with Crippen LogP contribution in [0.2, 0.25) is 0 Å². The number of carbonyl (C=O) groups is 2. The summed E-state index contributed by atoms with van der Waals surface area (Å²) in [5.41, 5.74) is 0.919. The SMILES string of the molecule is CC[C@H](C)[C@H](C(=O)O[C@@H](C)C(=O)Nc1ccc([N+](=O)[O-])cc1OC)c1ccccc1. The van der Waals surface area contributed by atoms with Gasteiger partial charge in [0.05, 0.1) is 29.7 Å². The Morgan fingerprint density at radius 1 is 1.13 bits per heavy atom. The first kappa shape index (κ1) is 22.9. The van der Waals surface area contributed by atoms with Crippen molar-refractivity contribution in [3.05, 3.63) is 64.2 Å². The number of hydrogen-bond acceptors (Lipinski definition) is 6. The highest BCUT2D eigenvalue weighted by molar-refractivity contribution is 5.96. The number of nitro groups is 1. The van der Waals surface area contributed by atoms with E-state index < -0.39 is 28.8 Å². The molecule has 0 fully saturated rings. The fourth-order valence-electron chi connectivity index (χ4n) is 3.03. The number of non-ortho nitro benzene ring substituents is 1. The molecule has 1 amide bonds. The van der Waals surface area contributed by atoms with Crippen molar-refractivity contribution in [3.63, 3.8) is 0 Å². The van der Waals surface area contributed by atoms with E-state index in [2.05, 4.69) is 5.32 Å². The molecule has 0 unspecified atom stereocenters. The molecular weight excluding hydrogens is 388 g/mol. The van der Waals surface area contributed by atoms with Crippen molar-refractivity contribution in [3.8, 4) is 5.75 Å². The summed E-state index contributed by atoms with van der Waals surface area (Å²) in [6.07, 6.45) is -0.289. The molecule has 0 radical (unpaired) electrons. The zero-order valence-electron chi connectivity index (χ0n) is 17.5. The van der Waals surface area contributed by atoms with E-state index in [1.165, 1.54) is 32.2 Å². The molecule has 1 N–H and O–H groups in total. The lowest BCUT2D eigenvalue weighted by atomic mass is 9.85. The Labute approximate surface area is 175 Å². The molecule has 0 saturated heterocycles. The summed E-state index contributed by atoms with van der Waals surface area (Å²) in [6, 6.07) is 13.1. The van der Waals surface area contributed by atoms with Crippen molar-refractivity contribution >= 4 is 23.3 Å². The number of methoxy groups -OCH3 is 1. The molecular formula is C22H26N2O6. The second-order valence-corrected chi connectivity index (χ2v) is 6.98. The number of amides is 1. The molecule has 0 heterocycles. The highest BCUT2D eigenvalue weighted by Gasteiger charge is 2.30. The maximum absolute atomic E-state index is 12.9. The Bertz CT molecular complexity index is 900. The molecule has 0 bridgehead atoms. The van der Waals surface area contributed by atoms with Crippen LogP contribution in [0.25, 0.3) is 0 Å². The number of anilines is 1. The first-order valence-corrected chi connectivity index (χ1v) is 9.67. The first-order valence-electron chi connectivity index (χ1n) is 9.67. The third-order valence-corrected chi connectivity index (χ3v) is 4.94. The molecule has 30 heavy (non-hydrogen) atoms. The standard InChI is InChI=1S/C22H26N2O6/c1-5-14(2)20(16-9-7-6-8-10-16)22(26)30-15(3)21(25)23-18-12-11-17(24(27)28)13-19(18)29-4/h6-15,20H,5H2,1-4H3,(H,23,25)/t14-,15-,20-/m0/s1. The minimum atomic E-state index is -1.06. The maximum Gasteiger partial charge on any atom is 0.314 e. The van der Waals surface area contributed by atoms with Crippen LogP contribution < -0.4 is 10.1 Å². The molecule has 0 aliphatic carbocycles. The molecule has 8 heteroatoms. The van der Waals surface area contributed by atoms with Crippen LogP contribution in [0.5, 0.6) is 5.75 Å². The van der Waals surface area contributed by atoms with Crippen molar-refractivity contribution in [2.45, 2.75) is 39.2 Å². The largest absolute Gasteiger partial charge is 0.494 e. The van der Waals surface area contributed by atoms with E-state index >= 15 is 0 Å². The van der Waals surface area contributed by atoms with Gasteiger partial charge >= 0.3 is 5.97 Å². The number of benzene rings is 2. The summed E-state index contributed by atoms with van der Waals surface area (Å²) >= 11 is 0. The Hall–Kier alpha value is -3.42. The minimum Gasteiger partial charge on any atom is -0.494 e. The number of hydrogen-bond donors (Lipinski definition) is 1. The smallest absolute Gasteiger partial charge is 0.314 e. The highest BCUT2D eigenvalue weighted by Crippen LogP contribution is 2.30. The predicted molar refractivity (Wildman–Crippen MR) is 112 cm³/mol. The van der Waals surface area contributed by atoms with E-state index in [9.17, 15) is 19.7 Å². The third kappa shape index (κ3) is 5.56. The molecule has 160 valence electrons. The van der Waals surface area contributed by atoms with Crippen LogP contribution >= 0.6 is 0 Å². The molecule has 2 aromatic rings. The van der Waals surface area contributed by atoms with Crippen molar-refractivity contribution < 1.29 is 24.0 Å². The average Bonchev–Trinajstić information content (AvgIpc) is 2.74. The van der Waals surface area contributed by atoms with Gasteiger partial charge in [0.15, 0.2) is 6.10 Å². The summed E-state index contributed by atoms with van der Waals surface area (Å²) in [5, 5.41) is 13.5. The first-order chi connectivity index (χ1) is 14.3. The Morgan fingerprint density at radius 2 is 1.80 bits per heavy atom. The minimum absolute atomic E-state index is 0.0323. The van der Waals surface area contributed by atoms with Gasteiger partial charge in [0.1, 0.15) is 5.75 Å². The molecule has 0 saturated carbocycles. The zero-order chi connectivity index (χ0) is 22.3. The normalized spacial score (nSPS) is 13.6. The number of nitrogens with zero attached hydrogens (tertiary/aromatic N) is 1. The lowest BCUT2D eigenvalue weighted by Gasteiger charge is -2.24. The summed E-state index contributed by atoms with van der Waals surface area (Å²) in [5.74, 6) is -1.36. The van der Waals surface area contributed by atoms with Crippen molar-refractivity contribution in [1.29, 1.82) is 0 Å². The fourth-order valence-corrected chi connectivity index (χ4v) is 3.03. The molecule has 8 nitrogen and oxygen atoms in total. The highest BCUT2D eigenvalue weighted by atomic mass is 16.6. The molecule has 2 rings (SSSR count). The van der Waals surface area contributed by atoms with Gasteiger partial charge in [-0.2, -0.15) is 0 Å². The Kier molecular flexibility index (Phi) is 7.91. The average molecular weight is 414 g/mol. The van der Waals surface area contributed by atoms with Gasteiger partial charge in [0.25, 0.3) is 11.6 Å². The van der Waals surface area contributed by atoms with E-state index in [4.69, 9.17) is 9.47 Å². The van der Waals surface area contributed by atoms with Gasteiger partial charge in [0, 0.05) is 6.07 Å². The van der Waals surface area contributed by atoms with E-state index in [-0.39, 0.29) is 23.0 Å². The predicted octanol–water partition coefficient (Wildman–Crippen LogP) is 4.30. The van der Waals surface area contributed by atoms with Crippen LogP contribution in [-0.4, -0.2) is 30.0 Å². The molecule has 2 aromatic carbocycles. The van der Waals surface area contributed by atoms with Gasteiger partial charge in [-0.05, 0) is 24.5 Å². The number of carbonyl (C=O) groups excluding carboxylic acids is 2. The molecule has 3 atom stereocenters. The summed E-state index contributed by atoms with van der Waals surface area (Å²) < 4.78 is 10.6. The number of ether oxygens (including phenoxy) is 2. The van der Waals surface area contributed by atoms with Crippen molar-refractivity contribution in [1.82, 2.24) is 0 Å². The van der Waals surface area contributed by atoms with Crippen LogP contribution in [-0.2, 0) is 14.3 Å². The molecule has 0 aromatic heterocycles. The van der Waals surface area contributed by atoms with Crippen LogP contribution in [0.15, 0.2) is 48.5 Å². The number of nitro benzene ring substituents is 1. The van der Waals surface area contributed by atoms with Crippen LogP contribution in [0.4, 0.5) is 11.4 Å². The van der Waals surface area contributed by atoms with E-state index in [1.54, 1.807) is 0 Å². The molecule has 0 aliphatic rings. The summed E-state index contributed by atoms with van der Waals surface area (Å²) in [7, 11) is 1.34. The monoisotopic (exact) mass is 414 g/mol. The van der Waals surface area contributed by atoms with Gasteiger partial charge in [-0.3, -0.25) is 19.7 Å². The van der Waals surface area contributed by atoms with Gasteiger partial charge in [-0.15, -0.1) is 0 Å². The maximum atomic E-state index is 12.9. The zero-order valence-corrected chi connectivity index (χ0v) is 17.5. The van der Waals surface area contributed by atoms with E-state index in [0.29, 0.717) is 0 Å². The summed E-state index contributed by atoms with van der Waals surface area (Å²) in [4.78, 5) is 35.7. The van der Waals surface area contributed by atoms with E-state index in [0.717, 1.165) is 12.0 Å². The Balaban J connectivity index is 2.12. The molecule has 0 spiro atoms. The second-order valence-electron chi connectivity index (χ2n) is 6.98. The number of rotatable bonds is 9. The Morgan fingerprint density at radius 3 is 2.37 bits per heavy atom. The summed E-state index contributed by atoms with van der Waals surface area (Å²) in [6.45, 7) is 5.43. The topological polar surface area (TPSA) is 108 Å². The molecule has 0 aliphatic heterocycles. The van der Waals surface area contributed by atoms with Gasteiger partial charge in [-0.1, -0.05) is 50.6 Å². The third-order valence-electron chi connectivity index (χ3n) is 4.94. The van der Waals surface area contributed by atoms with Crippen molar-refractivity contribution in [2.75, 3.05) is 12.4 Å². The van der Waals surface area contributed by atoms with Crippen molar-refractivity contribution in [2.24, 2.45) is 5.92 Å². The number of nitrogens with one attached hydrogen (secondary N) is 1. The quantitative estimate of drug-likeness (QED) is 0.372. The lowest BCUT2D eigenvalue weighted by Crippen LogP contribution is -2.33. The number of esters is 1.